The summed E-state index contributed by atoms with van der Waals surface area (Å²) in [7, 11) is 0. The summed E-state index contributed by atoms with van der Waals surface area (Å²) in [4.78, 5) is 50.1. The van der Waals surface area contributed by atoms with Crippen LogP contribution in [0.3, 0.4) is 0 Å². The summed E-state index contributed by atoms with van der Waals surface area (Å²) in [6, 6.07) is 0. The van der Waals surface area contributed by atoms with Crippen LogP contribution in [0, 0.1) is 11.3 Å². The summed E-state index contributed by atoms with van der Waals surface area (Å²) >= 11 is 0. The van der Waals surface area contributed by atoms with E-state index in [1.54, 1.807) is 6.92 Å². The lowest BCUT2D eigenvalue weighted by Crippen LogP contribution is -2.66. The Kier molecular flexibility index (Phi) is 5.61. The molecule has 10 nitrogen and oxygen atoms in total. The second-order valence-electron chi connectivity index (χ2n) is 11.3. The van der Waals surface area contributed by atoms with Crippen LogP contribution in [-0.2, 0) is 47.6 Å². The smallest absolute Gasteiger partial charge is 0.342 e. The molecule has 0 N–H and O–H groups in total. The first kappa shape index (κ1) is 25.2. The van der Waals surface area contributed by atoms with E-state index in [2.05, 4.69) is 0 Å². The molecule has 3 heterocycles. The Morgan fingerprint density at radius 3 is 2.08 bits per heavy atom. The molecule has 0 radical (unpaired) electrons. The molecule has 36 heavy (non-hydrogen) atoms. The van der Waals surface area contributed by atoms with Crippen molar-refractivity contribution < 1.29 is 47.6 Å². The predicted octanol–water partition coefficient (Wildman–Crippen LogP) is 2.16. The first-order chi connectivity index (χ1) is 16.8. The first-order valence-electron chi connectivity index (χ1n) is 12.5. The van der Waals surface area contributed by atoms with Crippen molar-refractivity contribution in [1.29, 1.82) is 0 Å². The molecule has 2 aliphatic carbocycles. The maximum atomic E-state index is 13.0. The molecule has 2 spiro atoms. The highest BCUT2D eigenvalue weighted by atomic mass is 16.7. The fourth-order valence-electron chi connectivity index (χ4n) is 7.21. The summed E-state index contributed by atoms with van der Waals surface area (Å²) in [6.45, 7) is 9.84. The monoisotopic (exact) mass is 506 g/mol. The summed E-state index contributed by atoms with van der Waals surface area (Å²) in [5.41, 5.74) is -3.46. The van der Waals surface area contributed by atoms with Gasteiger partial charge in [0.2, 0.25) is 0 Å². The van der Waals surface area contributed by atoms with Gasteiger partial charge in [-0.15, -0.1) is 0 Å². The molecule has 5 aliphatic rings. The summed E-state index contributed by atoms with van der Waals surface area (Å²) < 4.78 is 35.9. The van der Waals surface area contributed by atoms with E-state index in [0.717, 1.165) is 5.57 Å². The van der Waals surface area contributed by atoms with Gasteiger partial charge in [-0.3, -0.25) is 14.4 Å². The lowest BCUT2D eigenvalue weighted by atomic mass is 9.53. The van der Waals surface area contributed by atoms with Crippen LogP contribution >= 0.6 is 0 Å². The topological polar surface area (TPSA) is 130 Å². The van der Waals surface area contributed by atoms with Crippen LogP contribution in [0.15, 0.2) is 11.6 Å². The van der Waals surface area contributed by atoms with Gasteiger partial charge in [-0.2, -0.15) is 0 Å². The molecule has 0 bridgehead atoms. The molecule has 1 saturated carbocycles. The Morgan fingerprint density at radius 1 is 0.972 bits per heavy atom. The lowest BCUT2D eigenvalue weighted by Gasteiger charge is -2.55. The van der Waals surface area contributed by atoms with Crippen LogP contribution < -0.4 is 0 Å². The normalized spacial score (nSPS) is 48.2. The maximum Gasteiger partial charge on any atom is 0.342 e. The van der Waals surface area contributed by atoms with Crippen LogP contribution in [-0.4, -0.2) is 71.7 Å². The van der Waals surface area contributed by atoms with Gasteiger partial charge in [-0.1, -0.05) is 12.5 Å². The molecule has 4 fully saturated rings. The molecule has 9 atom stereocenters. The highest BCUT2D eigenvalue weighted by Crippen LogP contribution is 2.68. The zero-order valence-corrected chi connectivity index (χ0v) is 21.6. The Bertz CT molecular complexity index is 1050. The average Bonchev–Trinajstić information content (AvgIpc) is 3.65. The lowest BCUT2D eigenvalue weighted by molar-refractivity contribution is -0.221. The Morgan fingerprint density at radius 2 is 1.56 bits per heavy atom. The van der Waals surface area contributed by atoms with Gasteiger partial charge in [0, 0.05) is 26.7 Å². The second-order valence-corrected chi connectivity index (χ2v) is 11.3. The van der Waals surface area contributed by atoms with Gasteiger partial charge in [0.1, 0.15) is 18.3 Å². The van der Waals surface area contributed by atoms with E-state index in [1.165, 1.54) is 20.8 Å². The molecule has 3 saturated heterocycles. The van der Waals surface area contributed by atoms with Gasteiger partial charge in [0.15, 0.2) is 17.3 Å². The van der Waals surface area contributed by atoms with Gasteiger partial charge in [-0.05, 0) is 45.6 Å². The van der Waals surface area contributed by atoms with Gasteiger partial charge < -0.3 is 28.4 Å². The number of epoxide rings is 2. The van der Waals surface area contributed by atoms with Gasteiger partial charge in [0.05, 0.1) is 17.6 Å². The van der Waals surface area contributed by atoms with E-state index < -0.39 is 76.4 Å². The molecule has 0 aromatic rings. The largest absolute Gasteiger partial charge is 0.462 e. The molecular weight excluding hydrogens is 472 g/mol. The predicted molar refractivity (Wildman–Crippen MR) is 121 cm³/mol. The number of hydrogen-bond donors (Lipinski definition) is 0. The third-order valence-electron chi connectivity index (χ3n) is 8.96. The second kappa shape index (κ2) is 8.02. The number of ether oxygens (including phenoxy) is 6. The summed E-state index contributed by atoms with van der Waals surface area (Å²) in [5, 5.41) is 0. The first-order valence-corrected chi connectivity index (χ1v) is 12.5. The zero-order chi connectivity index (χ0) is 26.3. The van der Waals surface area contributed by atoms with E-state index >= 15 is 0 Å². The fraction of sp³-hybridized carbons (Fsp3) is 0.769. The third-order valence-corrected chi connectivity index (χ3v) is 8.96. The fourth-order valence-corrected chi connectivity index (χ4v) is 7.21. The van der Waals surface area contributed by atoms with Crippen molar-refractivity contribution >= 4 is 23.9 Å². The van der Waals surface area contributed by atoms with Gasteiger partial charge >= 0.3 is 23.9 Å². The van der Waals surface area contributed by atoms with Gasteiger partial charge in [-0.25, -0.2) is 4.79 Å². The number of carbonyl (C=O) groups excluding carboxylic acids is 4. The highest BCUT2D eigenvalue weighted by Gasteiger charge is 2.88. The van der Waals surface area contributed by atoms with Crippen molar-refractivity contribution in [3.05, 3.63) is 11.6 Å². The third kappa shape index (κ3) is 3.44. The number of fused-ring (bicyclic) bond motifs is 2. The van der Waals surface area contributed by atoms with Crippen molar-refractivity contribution in [3.8, 4) is 0 Å². The number of carbonyl (C=O) groups is 4. The van der Waals surface area contributed by atoms with Gasteiger partial charge in [0.25, 0.3) is 0 Å². The maximum absolute atomic E-state index is 13.0. The quantitative estimate of drug-likeness (QED) is 0.243. The molecule has 10 heteroatoms. The Hall–Kier alpha value is -2.46. The molecule has 0 aromatic carbocycles. The minimum absolute atomic E-state index is 0.395. The summed E-state index contributed by atoms with van der Waals surface area (Å²) in [5.74, 6) is -2.64. The molecule has 5 rings (SSSR count). The van der Waals surface area contributed by atoms with Crippen molar-refractivity contribution in [3.63, 3.8) is 0 Å². The van der Waals surface area contributed by atoms with E-state index in [1.807, 2.05) is 19.9 Å². The molecule has 0 amide bonds. The van der Waals surface area contributed by atoms with Crippen molar-refractivity contribution in [2.24, 2.45) is 11.3 Å². The summed E-state index contributed by atoms with van der Waals surface area (Å²) in [6.07, 6.45) is 0.712. The van der Waals surface area contributed by atoms with Crippen molar-refractivity contribution in [1.82, 2.24) is 0 Å². The minimum atomic E-state index is -1.32. The van der Waals surface area contributed by atoms with Crippen LogP contribution in [0.1, 0.15) is 67.2 Å². The van der Waals surface area contributed by atoms with Crippen molar-refractivity contribution in [2.45, 2.75) is 108 Å². The number of esters is 4. The molecule has 0 unspecified atom stereocenters. The van der Waals surface area contributed by atoms with E-state index in [9.17, 15) is 19.2 Å². The number of allylic oxidation sites excluding steroid dienone is 1. The standard InChI is InChI=1S/C26H34O10/c1-13-7-8-17(32-14(2)27)23(5)18(33-15(3)28)9-10-25(12-31-25)20(23)21(34-16(4)29)26-19(11-13)35-22(30)24(26,6)36-26/h11,17-21H,7-10,12H2,1-6H3/b13-11-/t17-,18-,19-,20+,21-,23-,24-,25-,26-/m0/s1. The van der Waals surface area contributed by atoms with E-state index in [-0.39, 0.29) is 0 Å². The molecule has 198 valence electrons. The number of hydrogen-bond acceptors (Lipinski definition) is 10. The van der Waals surface area contributed by atoms with E-state index in [0.29, 0.717) is 32.3 Å². The SMILES string of the molecule is CC(=O)O[C@H]1CC/C(C)=C\[C@@H]2OC(=O)[C@]3(C)O[C@]23[C@@H](OC(C)=O)[C@H]2[C@]3(CC[C@H](OC(C)=O)[C@]12C)CO3. The van der Waals surface area contributed by atoms with Crippen LogP contribution in [0.25, 0.3) is 0 Å². The Labute approximate surface area is 209 Å². The minimum Gasteiger partial charge on any atom is -0.462 e. The van der Waals surface area contributed by atoms with Crippen LogP contribution in [0.5, 0.6) is 0 Å². The Balaban J connectivity index is 1.75. The average molecular weight is 507 g/mol. The molecule has 3 aliphatic heterocycles. The highest BCUT2D eigenvalue weighted by molar-refractivity contribution is 5.89. The van der Waals surface area contributed by atoms with Crippen LogP contribution in [0.4, 0.5) is 0 Å². The molecular formula is C26H34O10. The molecule has 0 aromatic heterocycles. The van der Waals surface area contributed by atoms with E-state index in [4.69, 9.17) is 28.4 Å². The zero-order valence-electron chi connectivity index (χ0n) is 21.6. The number of rotatable bonds is 3. The van der Waals surface area contributed by atoms with Crippen molar-refractivity contribution in [2.75, 3.05) is 6.61 Å². The van der Waals surface area contributed by atoms with Crippen LogP contribution in [0.2, 0.25) is 0 Å².